The first-order valence-corrected chi connectivity index (χ1v) is 7.98. The highest BCUT2D eigenvalue weighted by molar-refractivity contribution is 5.87. The number of amides is 2. The highest BCUT2D eigenvalue weighted by atomic mass is 16.5. The number of nitrogens with zero attached hydrogens (tertiary/aromatic N) is 1. The third-order valence-electron chi connectivity index (χ3n) is 4.20. The molecule has 1 heterocycles. The van der Waals surface area contributed by atoms with Crippen molar-refractivity contribution in [2.45, 2.75) is 12.5 Å². The van der Waals surface area contributed by atoms with Crippen LogP contribution in [0.2, 0.25) is 0 Å². The van der Waals surface area contributed by atoms with Crippen LogP contribution in [0.4, 0.5) is 4.79 Å². The van der Waals surface area contributed by atoms with Gasteiger partial charge < -0.3 is 20.1 Å². The molecule has 2 N–H and O–H groups in total. The Morgan fingerprint density at radius 3 is 2.58 bits per heavy atom. The summed E-state index contributed by atoms with van der Waals surface area (Å²) in [6.07, 6.45) is 0.243. The number of nitrogens with one attached hydrogen (secondary N) is 1. The Kier molecular flexibility index (Phi) is 4.96. The zero-order valence-corrected chi connectivity index (χ0v) is 13.3. The summed E-state index contributed by atoms with van der Waals surface area (Å²) in [7, 11) is 0. The number of hydrogen-bond donors (Lipinski definition) is 2. The summed E-state index contributed by atoms with van der Waals surface area (Å²) in [5.41, 5.74) is 0.905. The molecule has 126 valence electrons. The number of aliphatic carboxylic acids is 1. The fourth-order valence-electron chi connectivity index (χ4n) is 2.90. The number of benzene rings is 2. The van der Waals surface area contributed by atoms with Gasteiger partial charge in [0.05, 0.1) is 13.2 Å². The average molecular weight is 328 g/mol. The normalized spacial score (nSPS) is 15.9. The monoisotopic (exact) mass is 328 g/mol. The standard InChI is InChI=1S/C18H20N2O4/c21-17(22)16(19-18(23)20-8-10-24-11-9-20)12-14-6-3-5-13-4-1-2-7-15(13)14/h1-7,16H,8-12H2,(H,19,23)(H,21,22). The van der Waals surface area contributed by atoms with Crippen molar-refractivity contribution in [1.29, 1.82) is 0 Å². The Bertz CT molecular complexity index is 735. The van der Waals surface area contributed by atoms with Crippen molar-refractivity contribution < 1.29 is 19.4 Å². The number of morpholine rings is 1. The molecule has 0 aromatic heterocycles. The minimum Gasteiger partial charge on any atom is -0.480 e. The first kappa shape index (κ1) is 16.3. The summed E-state index contributed by atoms with van der Waals surface area (Å²) in [5, 5.41) is 14.2. The van der Waals surface area contributed by atoms with Crippen molar-refractivity contribution in [2.24, 2.45) is 0 Å². The van der Waals surface area contributed by atoms with Crippen molar-refractivity contribution >= 4 is 22.8 Å². The molecule has 1 fully saturated rings. The van der Waals surface area contributed by atoms with Crippen LogP contribution in [-0.2, 0) is 16.0 Å². The molecular formula is C18H20N2O4. The lowest BCUT2D eigenvalue weighted by molar-refractivity contribution is -0.139. The van der Waals surface area contributed by atoms with E-state index in [0.29, 0.717) is 26.3 Å². The maximum atomic E-state index is 12.3. The maximum absolute atomic E-state index is 12.3. The van der Waals surface area contributed by atoms with Gasteiger partial charge in [0.15, 0.2) is 0 Å². The molecule has 1 aliphatic heterocycles. The fraction of sp³-hybridized carbons (Fsp3) is 0.333. The first-order chi connectivity index (χ1) is 11.6. The Morgan fingerprint density at radius 1 is 1.12 bits per heavy atom. The lowest BCUT2D eigenvalue weighted by atomic mass is 9.99. The lowest BCUT2D eigenvalue weighted by Gasteiger charge is -2.28. The summed E-state index contributed by atoms with van der Waals surface area (Å²) in [6, 6.07) is 12.3. The summed E-state index contributed by atoms with van der Waals surface area (Å²) < 4.78 is 5.21. The number of ether oxygens (including phenoxy) is 1. The Hall–Kier alpha value is -2.60. The van der Waals surface area contributed by atoms with E-state index in [-0.39, 0.29) is 12.5 Å². The van der Waals surface area contributed by atoms with Crippen LogP contribution in [0.25, 0.3) is 10.8 Å². The number of hydrogen-bond acceptors (Lipinski definition) is 3. The second kappa shape index (κ2) is 7.31. The van der Waals surface area contributed by atoms with Gasteiger partial charge in [-0.2, -0.15) is 0 Å². The van der Waals surface area contributed by atoms with Gasteiger partial charge in [0, 0.05) is 19.5 Å². The van der Waals surface area contributed by atoms with E-state index in [2.05, 4.69) is 5.32 Å². The van der Waals surface area contributed by atoms with Crippen LogP contribution in [0.3, 0.4) is 0 Å². The number of rotatable bonds is 4. The second-order valence-corrected chi connectivity index (χ2v) is 5.78. The summed E-state index contributed by atoms with van der Waals surface area (Å²) >= 11 is 0. The zero-order chi connectivity index (χ0) is 16.9. The molecule has 0 spiro atoms. The van der Waals surface area contributed by atoms with Gasteiger partial charge in [-0.3, -0.25) is 0 Å². The molecule has 1 aliphatic rings. The van der Waals surface area contributed by atoms with Gasteiger partial charge in [-0.1, -0.05) is 42.5 Å². The van der Waals surface area contributed by atoms with E-state index in [9.17, 15) is 14.7 Å². The van der Waals surface area contributed by atoms with Crippen LogP contribution in [-0.4, -0.2) is 54.4 Å². The van der Waals surface area contributed by atoms with E-state index >= 15 is 0 Å². The van der Waals surface area contributed by atoms with E-state index < -0.39 is 12.0 Å². The molecule has 2 amide bonds. The second-order valence-electron chi connectivity index (χ2n) is 5.78. The Labute approximate surface area is 140 Å². The van der Waals surface area contributed by atoms with E-state index in [0.717, 1.165) is 16.3 Å². The van der Waals surface area contributed by atoms with Crippen LogP contribution >= 0.6 is 0 Å². The molecule has 0 bridgehead atoms. The summed E-state index contributed by atoms with van der Waals surface area (Å²) in [5.74, 6) is -1.04. The van der Waals surface area contributed by atoms with Gasteiger partial charge >= 0.3 is 12.0 Å². The van der Waals surface area contributed by atoms with E-state index in [4.69, 9.17) is 4.74 Å². The minimum absolute atomic E-state index is 0.243. The van der Waals surface area contributed by atoms with Crippen molar-refractivity contribution in [1.82, 2.24) is 10.2 Å². The predicted molar refractivity (Wildman–Crippen MR) is 90.0 cm³/mol. The maximum Gasteiger partial charge on any atom is 0.326 e. The molecule has 24 heavy (non-hydrogen) atoms. The number of carboxylic acid groups (broad SMARTS) is 1. The molecule has 6 nitrogen and oxygen atoms in total. The molecule has 1 unspecified atom stereocenters. The van der Waals surface area contributed by atoms with Gasteiger partial charge in [0.2, 0.25) is 0 Å². The van der Waals surface area contributed by atoms with Crippen LogP contribution in [0.5, 0.6) is 0 Å². The highest BCUT2D eigenvalue weighted by Gasteiger charge is 2.25. The zero-order valence-electron chi connectivity index (χ0n) is 13.3. The van der Waals surface area contributed by atoms with Gasteiger partial charge in [-0.25, -0.2) is 9.59 Å². The molecule has 2 aromatic carbocycles. The van der Waals surface area contributed by atoms with Crippen LogP contribution in [0.15, 0.2) is 42.5 Å². The van der Waals surface area contributed by atoms with Gasteiger partial charge in [0.25, 0.3) is 0 Å². The minimum atomic E-state index is -1.04. The predicted octanol–water partition coefficient (Wildman–Crippen LogP) is 1.88. The average Bonchev–Trinajstić information content (AvgIpc) is 2.62. The molecule has 0 radical (unpaired) electrons. The third-order valence-corrected chi connectivity index (χ3v) is 4.20. The van der Waals surface area contributed by atoms with Gasteiger partial charge in [-0.05, 0) is 16.3 Å². The fourth-order valence-corrected chi connectivity index (χ4v) is 2.90. The van der Waals surface area contributed by atoms with Crippen molar-refractivity contribution in [3.8, 4) is 0 Å². The number of urea groups is 1. The molecule has 1 saturated heterocycles. The topological polar surface area (TPSA) is 78.9 Å². The van der Waals surface area contributed by atoms with Crippen molar-refractivity contribution in [3.63, 3.8) is 0 Å². The molecular weight excluding hydrogens is 308 g/mol. The smallest absolute Gasteiger partial charge is 0.326 e. The molecule has 0 aliphatic carbocycles. The Morgan fingerprint density at radius 2 is 1.83 bits per heavy atom. The summed E-state index contributed by atoms with van der Waals surface area (Å²) in [6.45, 7) is 1.92. The molecule has 0 saturated carbocycles. The quantitative estimate of drug-likeness (QED) is 0.898. The summed E-state index contributed by atoms with van der Waals surface area (Å²) in [4.78, 5) is 25.4. The first-order valence-electron chi connectivity index (χ1n) is 7.98. The number of carbonyl (C=O) groups is 2. The van der Waals surface area contributed by atoms with E-state index in [1.165, 1.54) is 0 Å². The van der Waals surface area contributed by atoms with Crippen LogP contribution in [0, 0.1) is 0 Å². The van der Waals surface area contributed by atoms with Crippen LogP contribution < -0.4 is 5.32 Å². The van der Waals surface area contributed by atoms with Crippen molar-refractivity contribution in [3.05, 3.63) is 48.0 Å². The van der Waals surface area contributed by atoms with Gasteiger partial charge in [0.1, 0.15) is 6.04 Å². The lowest BCUT2D eigenvalue weighted by Crippen LogP contribution is -2.51. The van der Waals surface area contributed by atoms with E-state index in [1.807, 2.05) is 42.5 Å². The van der Waals surface area contributed by atoms with E-state index in [1.54, 1.807) is 4.90 Å². The third kappa shape index (κ3) is 3.65. The molecule has 1 atom stereocenters. The highest BCUT2D eigenvalue weighted by Crippen LogP contribution is 2.20. The SMILES string of the molecule is O=C(O)C(Cc1cccc2ccccc12)NC(=O)N1CCOCC1. The number of carbonyl (C=O) groups excluding carboxylic acids is 1. The van der Waals surface area contributed by atoms with Crippen molar-refractivity contribution in [2.75, 3.05) is 26.3 Å². The number of fused-ring (bicyclic) bond motifs is 1. The molecule has 2 aromatic rings. The molecule has 3 rings (SSSR count). The largest absolute Gasteiger partial charge is 0.480 e. The van der Waals surface area contributed by atoms with Gasteiger partial charge in [-0.15, -0.1) is 0 Å². The van der Waals surface area contributed by atoms with Crippen LogP contribution in [0.1, 0.15) is 5.56 Å². The molecule has 6 heteroatoms. The number of carboxylic acids is 1. The Balaban J connectivity index is 1.76.